The number of fused-ring (bicyclic) bond motifs is 1. The summed E-state index contributed by atoms with van der Waals surface area (Å²) < 4.78 is 13.0. The Labute approximate surface area is 201 Å². The van der Waals surface area contributed by atoms with E-state index in [-0.39, 0.29) is 12.8 Å². The first kappa shape index (κ1) is 23.7. The van der Waals surface area contributed by atoms with Gasteiger partial charge >= 0.3 is 6.03 Å². The van der Waals surface area contributed by atoms with Gasteiger partial charge in [0.2, 0.25) is 6.79 Å². The van der Waals surface area contributed by atoms with Gasteiger partial charge in [0, 0.05) is 37.7 Å². The fourth-order valence-electron chi connectivity index (χ4n) is 4.26. The second-order valence-electron chi connectivity index (χ2n) is 9.31. The van der Waals surface area contributed by atoms with E-state index in [2.05, 4.69) is 56.2 Å². The molecule has 180 valence electrons. The Morgan fingerprint density at radius 1 is 1.09 bits per heavy atom. The van der Waals surface area contributed by atoms with Gasteiger partial charge in [-0.2, -0.15) is 0 Å². The van der Waals surface area contributed by atoms with Crippen molar-refractivity contribution in [2.75, 3.05) is 18.7 Å². The van der Waals surface area contributed by atoms with Crippen LogP contribution >= 0.6 is 0 Å². The Bertz CT molecular complexity index is 1080. The molecule has 2 amide bonds. The third kappa shape index (κ3) is 5.53. The summed E-state index contributed by atoms with van der Waals surface area (Å²) >= 11 is 0. The zero-order valence-electron chi connectivity index (χ0n) is 20.5. The number of carbonyl (C=O) groups is 1. The summed E-state index contributed by atoms with van der Waals surface area (Å²) in [6, 6.07) is 12.0. The number of imidazole rings is 1. The topological polar surface area (TPSA) is 68.6 Å². The molecule has 0 bridgehead atoms. The van der Waals surface area contributed by atoms with Crippen LogP contribution in [0.25, 0.3) is 0 Å². The minimum Gasteiger partial charge on any atom is -0.454 e. The largest absolute Gasteiger partial charge is 0.454 e. The molecule has 4 rings (SSSR count). The number of para-hydroxylation sites is 1. The van der Waals surface area contributed by atoms with Gasteiger partial charge in [-0.15, -0.1) is 0 Å². The normalized spacial score (nSPS) is 12.4. The molecule has 1 aliphatic heterocycles. The van der Waals surface area contributed by atoms with Crippen LogP contribution in [0.5, 0.6) is 11.5 Å². The number of rotatable bonds is 9. The smallest absolute Gasteiger partial charge is 0.322 e. The molecule has 1 aliphatic rings. The van der Waals surface area contributed by atoms with Crippen LogP contribution in [-0.2, 0) is 13.1 Å². The van der Waals surface area contributed by atoms with E-state index < -0.39 is 0 Å². The van der Waals surface area contributed by atoms with Crippen molar-refractivity contribution in [3.8, 4) is 11.5 Å². The zero-order valence-corrected chi connectivity index (χ0v) is 20.5. The van der Waals surface area contributed by atoms with E-state index in [4.69, 9.17) is 9.47 Å². The molecule has 3 aromatic rings. The number of aromatic nitrogens is 2. The SMILES string of the molecule is CC(C)c1cccc(C(C)C)c1NC(=O)N(CCCn1ccnc1)Cc1ccc2c(c1)OCO2. The molecule has 0 spiro atoms. The highest BCUT2D eigenvalue weighted by molar-refractivity contribution is 5.91. The van der Waals surface area contributed by atoms with E-state index in [9.17, 15) is 4.79 Å². The van der Waals surface area contributed by atoms with Gasteiger partial charge in [0.25, 0.3) is 0 Å². The minimum atomic E-state index is -0.0988. The van der Waals surface area contributed by atoms with Crippen molar-refractivity contribution in [1.82, 2.24) is 14.5 Å². The quantitative estimate of drug-likeness (QED) is 0.425. The number of nitrogens with one attached hydrogen (secondary N) is 1. The van der Waals surface area contributed by atoms with E-state index in [1.165, 1.54) is 0 Å². The molecule has 0 aliphatic carbocycles. The van der Waals surface area contributed by atoms with Crippen molar-refractivity contribution in [3.63, 3.8) is 0 Å². The highest BCUT2D eigenvalue weighted by Gasteiger charge is 2.21. The molecule has 0 atom stereocenters. The molecule has 2 heterocycles. The summed E-state index contributed by atoms with van der Waals surface area (Å²) in [5, 5.41) is 3.27. The first-order chi connectivity index (χ1) is 16.4. The van der Waals surface area contributed by atoms with Gasteiger partial charge < -0.3 is 24.3 Å². The van der Waals surface area contributed by atoms with Gasteiger partial charge in [-0.05, 0) is 47.1 Å². The Morgan fingerprint density at radius 3 is 2.50 bits per heavy atom. The van der Waals surface area contributed by atoms with Gasteiger partial charge in [-0.1, -0.05) is 52.0 Å². The van der Waals surface area contributed by atoms with Crippen LogP contribution in [0.2, 0.25) is 0 Å². The molecular formula is C27H34N4O3. The van der Waals surface area contributed by atoms with Crippen LogP contribution in [0.4, 0.5) is 10.5 Å². The number of benzene rings is 2. The van der Waals surface area contributed by atoms with Crippen LogP contribution in [0, 0.1) is 0 Å². The number of anilines is 1. The predicted octanol–water partition coefficient (Wildman–Crippen LogP) is 5.98. The zero-order chi connectivity index (χ0) is 24.1. The molecular weight excluding hydrogens is 428 g/mol. The monoisotopic (exact) mass is 462 g/mol. The minimum absolute atomic E-state index is 0.0988. The van der Waals surface area contributed by atoms with Crippen molar-refractivity contribution in [2.45, 2.75) is 59.0 Å². The number of hydrogen-bond donors (Lipinski definition) is 1. The molecule has 7 heteroatoms. The lowest BCUT2D eigenvalue weighted by molar-refractivity contribution is 0.174. The first-order valence-corrected chi connectivity index (χ1v) is 12.0. The number of urea groups is 1. The predicted molar refractivity (Wildman–Crippen MR) is 133 cm³/mol. The number of carbonyl (C=O) groups excluding carboxylic acids is 1. The summed E-state index contributed by atoms with van der Waals surface area (Å²) in [5.74, 6) is 2.07. The average molecular weight is 463 g/mol. The average Bonchev–Trinajstić information content (AvgIpc) is 3.49. The van der Waals surface area contributed by atoms with Crippen LogP contribution in [0.15, 0.2) is 55.1 Å². The van der Waals surface area contributed by atoms with Gasteiger partial charge in [0.15, 0.2) is 11.5 Å². The summed E-state index contributed by atoms with van der Waals surface area (Å²) in [6.45, 7) is 10.7. The summed E-state index contributed by atoms with van der Waals surface area (Å²) in [5.41, 5.74) is 4.24. The van der Waals surface area contributed by atoms with Gasteiger partial charge in [-0.25, -0.2) is 9.78 Å². The lowest BCUT2D eigenvalue weighted by Gasteiger charge is -2.26. The van der Waals surface area contributed by atoms with Gasteiger partial charge in [0.1, 0.15) is 0 Å². The molecule has 34 heavy (non-hydrogen) atoms. The standard InChI is InChI=1S/C27H34N4O3/c1-19(2)22-7-5-8-23(20(3)4)26(22)29-27(32)31(13-6-12-30-14-11-28-17-30)16-21-9-10-24-25(15-21)34-18-33-24/h5,7-11,14-15,17,19-20H,6,12-13,16,18H2,1-4H3,(H,29,32). The number of aryl methyl sites for hydroxylation is 1. The Balaban J connectivity index is 1.56. The molecule has 7 nitrogen and oxygen atoms in total. The maximum absolute atomic E-state index is 13.6. The maximum atomic E-state index is 13.6. The molecule has 0 unspecified atom stereocenters. The van der Waals surface area contributed by atoms with Crippen molar-refractivity contribution in [2.24, 2.45) is 0 Å². The second kappa shape index (κ2) is 10.6. The molecule has 2 aromatic carbocycles. The van der Waals surface area contributed by atoms with Crippen molar-refractivity contribution in [3.05, 3.63) is 71.8 Å². The van der Waals surface area contributed by atoms with Crippen molar-refractivity contribution >= 4 is 11.7 Å². The first-order valence-electron chi connectivity index (χ1n) is 12.0. The van der Waals surface area contributed by atoms with Gasteiger partial charge in [0.05, 0.1) is 6.33 Å². The highest BCUT2D eigenvalue weighted by atomic mass is 16.7. The summed E-state index contributed by atoms with van der Waals surface area (Å²) in [7, 11) is 0. The Kier molecular flexibility index (Phi) is 7.40. The van der Waals surface area contributed by atoms with E-state index in [0.717, 1.165) is 46.8 Å². The second-order valence-corrected chi connectivity index (χ2v) is 9.31. The van der Waals surface area contributed by atoms with Gasteiger partial charge in [-0.3, -0.25) is 0 Å². The summed E-state index contributed by atoms with van der Waals surface area (Å²) in [4.78, 5) is 19.6. The number of ether oxygens (including phenoxy) is 2. The lowest BCUT2D eigenvalue weighted by Crippen LogP contribution is -2.36. The Hall–Kier alpha value is -3.48. The third-order valence-electron chi connectivity index (χ3n) is 6.11. The summed E-state index contributed by atoms with van der Waals surface area (Å²) in [6.07, 6.45) is 6.33. The molecule has 0 fully saturated rings. The van der Waals surface area contributed by atoms with E-state index in [0.29, 0.717) is 24.9 Å². The molecule has 0 radical (unpaired) electrons. The van der Waals surface area contributed by atoms with E-state index in [1.807, 2.05) is 33.9 Å². The van der Waals surface area contributed by atoms with Crippen LogP contribution in [0.3, 0.4) is 0 Å². The number of nitrogens with zero attached hydrogens (tertiary/aromatic N) is 3. The van der Waals surface area contributed by atoms with E-state index in [1.54, 1.807) is 12.5 Å². The number of hydrogen-bond acceptors (Lipinski definition) is 4. The Morgan fingerprint density at radius 2 is 1.82 bits per heavy atom. The van der Waals surface area contributed by atoms with Crippen molar-refractivity contribution in [1.29, 1.82) is 0 Å². The third-order valence-corrected chi connectivity index (χ3v) is 6.11. The molecule has 0 saturated heterocycles. The molecule has 1 aromatic heterocycles. The van der Waals surface area contributed by atoms with Crippen LogP contribution in [0.1, 0.15) is 62.6 Å². The highest BCUT2D eigenvalue weighted by Crippen LogP contribution is 2.34. The van der Waals surface area contributed by atoms with Crippen molar-refractivity contribution < 1.29 is 14.3 Å². The molecule has 0 saturated carbocycles. The molecule has 1 N–H and O–H groups in total. The van der Waals surface area contributed by atoms with E-state index >= 15 is 0 Å². The van der Waals surface area contributed by atoms with Crippen LogP contribution in [-0.4, -0.2) is 33.8 Å². The maximum Gasteiger partial charge on any atom is 0.322 e. The fraction of sp³-hybridized carbons (Fsp3) is 0.407. The number of amides is 2. The van der Waals surface area contributed by atoms with Crippen LogP contribution < -0.4 is 14.8 Å². The fourth-order valence-corrected chi connectivity index (χ4v) is 4.26. The lowest BCUT2D eigenvalue weighted by atomic mass is 9.93.